The lowest BCUT2D eigenvalue weighted by Gasteiger charge is -2.18. The van der Waals surface area contributed by atoms with Gasteiger partial charge in [-0.25, -0.2) is 8.42 Å². The first-order valence-corrected chi connectivity index (χ1v) is 5.90. The highest BCUT2D eigenvalue weighted by molar-refractivity contribution is 7.90. The molecule has 86 valence electrons. The fourth-order valence-electron chi connectivity index (χ4n) is 0.820. The Morgan fingerprint density at radius 2 is 1.87 bits per heavy atom. The van der Waals surface area contributed by atoms with Crippen LogP contribution in [0.3, 0.4) is 0 Å². The molecule has 7 heteroatoms. The number of hydrogen-bond acceptors (Lipinski definition) is 4. The van der Waals surface area contributed by atoms with Crippen LogP contribution in [-0.4, -0.2) is 30.8 Å². The van der Waals surface area contributed by atoms with Crippen LogP contribution in [0.1, 0.15) is 20.8 Å². The summed E-state index contributed by atoms with van der Waals surface area (Å²) in [4.78, 5) is 10.7. The number of nitrogens with zero attached hydrogens (tertiary/aromatic N) is 1. The predicted octanol–water partition coefficient (Wildman–Crippen LogP) is -0.0729. The third kappa shape index (κ3) is 3.85. The van der Waals surface area contributed by atoms with Crippen molar-refractivity contribution in [3.05, 3.63) is 0 Å². The van der Waals surface area contributed by atoms with E-state index in [-0.39, 0.29) is 5.92 Å². The molecule has 0 saturated carbocycles. The summed E-state index contributed by atoms with van der Waals surface area (Å²) < 4.78 is 24.8. The molecule has 0 aromatic heterocycles. The molecule has 0 fully saturated rings. The minimum absolute atomic E-state index is 0.386. The van der Waals surface area contributed by atoms with Crippen molar-refractivity contribution in [2.75, 3.05) is 0 Å². The van der Waals surface area contributed by atoms with Crippen LogP contribution in [-0.2, 0) is 14.8 Å². The van der Waals surface area contributed by atoms with Gasteiger partial charge in [-0.2, -0.15) is 9.98 Å². The molecule has 0 saturated heterocycles. The van der Waals surface area contributed by atoms with Gasteiger partial charge >= 0.3 is 5.97 Å². The largest absolute Gasteiger partial charge is 0.480 e. The first kappa shape index (κ1) is 13.9. The smallest absolute Gasteiger partial charge is 0.321 e. The maximum absolute atomic E-state index is 11.4. The van der Waals surface area contributed by atoms with Crippen molar-refractivity contribution >= 4 is 16.0 Å². The molecule has 0 spiro atoms. The first-order chi connectivity index (χ1) is 6.72. The second-order valence-corrected chi connectivity index (χ2v) is 5.53. The van der Waals surface area contributed by atoms with Crippen LogP contribution in [0.25, 0.3) is 0 Å². The van der Waals surface area contributed by atoms with E-state index in [9.17, 15) is 13.2 Å². The Morgan fingerprint density at radius 3 is 2.13 bits per heavy atom. The van der Waals surface area contributed by atoms with E-state index >= 15 is 0 Å². The Balaban J connectivity index is 4.86. The van der Waals surface area contributed by atoms with Crippen LogP contribution < -0.4 is 4.72 Å². The molecule has 0 aliphatic rings. The molecule has 0 bridgehead atoms. The van der Waals surface area contributed by atoms with Gasteiger partial charge in [0.05, 0.1) is 6.07 Å². The lowest BCUT2D eigenvalue weighted by atomic mass is 10.1. The van der Waals surface area contributed by atoms with E-state index in [4.69, 9.17) is 10.4 Å². The maximum atomic E-state index is 11.4. The zero-order chi connectivity index (χ0) is 12.2. The first-order valence-electron chi connectivity index (χ1n) is 4.36. The molecule has 0 radical (unpaired) electrons. The number of carbonyl (C=O) groups is 1. The summed E-state index contributed by atoms with van der Waals surface area (Å²) in [5.74, 6) is -1.64. The van der Waals surface area contributed by atoms with Gasteiger partial charge in [-0.05, 0) is 12.8 Å². The fourth-order valence-corrected chi connectivity index (χ4v) is 1.89. The molecule has 6 nitrogen and oxygen atoms in total. The highest BCUT2D eigenvalue weighted by Crippen LogP contribution is 2.06. The second kappa shape index (κ2) is 5.09. The summed E-state index contributed by atoms with van der Waals surface area (Å²) in [5, 5.41) is 15.9. The number of rotatable bonds is 5. The van der Waals surface area contributed by atoms with Gasteiger partial charge in [-0.15, -0.1) is 0 Å². The van der Waals surface area contributed by atoms with Gasteiger partial charge in [0.15, 0.2) is 5.25 Å². The molecule has 1 unspecified atom stereocenters. The Morgan fingerprint density at radius 1 is 1.40 bits per heavy atom. The van der Waals surface area contributed by atoms with Crippen molar-refractivity contribution in [2.45, 2.75) is 32.1 Å². The highest BCUT2D eigenvalue weighted by atomic mass is 32.2. The van der Waals surface area contributed by atoms with Gasteiger partial charge in [0.2, 0.25) is 10.0 Å². The van der Waals surface area contributed by atoms with E-state index in [1.165, 1.54) is 6.92 Å². The van der Waals surface area contributed by atoms with Crippen LogP contribution >= 0.6 is 0 Å². The molecule has 0 aromatic rings. The SMILES string of the molecule is CC(C)[C@H](NS(=O)(=O)C(C)C#N)C(=O)O. The molecular weight excluding hydrogens is 220 g/mol. The highest BCUT2D eigenvalue weighted by Gasteiger charge is 2.30. The molecule has 0 aliphatic heterocycles. The van der Waals surface area contributed by atoms with E-state index in [0.717, 1.165) is 0 Å². The summed E-state index contributed by atoms with van der Waals surface area (Å²) >= 11 is 0. The van der Waals surface area contributed by atoms with Gasteiger partial charge < -0.3 is 5.11 Å². The summed E-state index contributed by atoms with van der Waals surface area (Å²) in [6, 6.07) is 0.342. The monoisotopic (exact) mass is 234 g/mol. The average molecular weight is 234 g/mol. The summed E-state index contributed by atoms with van der Waals surface area (Å²) in [5.41, 5.74) is 0. The normalized spacial score (nSPS) is 15.7. The summed E-state index contributed by atoms with van der Waals surface area (Å²) in [6.07, 6.45) is 0. The molecular formula is C8H14N2O4S. The van der Waals surface area contributed by atoms with Crippen molar-refractivity contribution in [3.8, 4) is 6.07 Å². The van der Waals surface area contributed by atoms with Crippen LogP contribution in [0, 0.1) is 17.2 Å². The van der Waals surface area contributed by atoms with Crippen molar-refractivity contribution in [2.24, 2.45) is 5.92 Å². The Labute approximate surface area is 89.0 Å². The minimum atomic E-state index is -3.89. The third-order valence-corrected chi connectivity index (χ3v) is 3.49. The molecule has 0 heterocycles. The molecule has 0 aliphatic carbocycles. The van der Waals surface area contributed by atoms with Crippen LogP contribution in [0.4, 0.5) is 0 Å². The van der Waals surface area contributed by atoms with Gasteiger partial charge in [-0.1, -0.05) is 13.8 Å². The number of sulfonamides is 1. The van der Waals surface area contributed by atoms with Crippen LogP contribution in [0.15, 0.2) is 0 Å². The Hall–Kier alpha value is -1.13. The molecule has 0 aromatic carbocycles. The molecule has 0 amide bonds. The lowest BCUT2D eigenvalue weighted by molar-refractivity contribution is -0.140. The number of nitriles is 1. The zero-order valence-electron chi connectivity index (χ0n) is 8.76. The number of carboxylic acid groups (broad SMARTS) is 1. The standard InChI is InChI=1S/C8H14N2O4S/c1-5(2)7(8(11)12)10-15(13,14)6(3)4-9/h5-7,10H,1-3H3,(H,11,12)/t6?,7-/m0/s1. The maximum Gasteiger partial charge on any atom is 0.321 e. The number of carboxylic acids is 1. The molecule has 15 heavy (non-hydrogen) atoms. The van der Waals surface area contributed by atoms with Gasteiger partial charge in [0.1, 0.15) is 6.04 Å². The van der Waals surface area contributed by atoms with Gasteiger partial charge in [0.25, 0.3) is 0 Å². The Bertz CT molecular complexity index is 369. The van der Waals surface area contributed by atoms with Crippen molar-refractivity contribution in [3.63, 3.8) is 0 Å². The minimum Gasteiger partial charge on any atom is -0.480 e. The average Bonchev–Trinajstić information content (AvgIpc) is 2.11. The van der Waals surface area contributed by atoms with Gasteiger partial charge in [0, 0.05) is 0 Å². The summed E-state index contributed by atoms with van der Waals surface area (Å²) in [7, 11) is -3.89. The number of nitrogens with one attached hydrogen (secondary N) is 1. The van der Waals surface area contributed by atoms with Crippen molar-refractivity contribution < 1.29 is 18.3 Å². The lowest BCUT2D eigenvalue weighted by Crippen LogP contribution is -2.46. The predicted molar refractivity (Wildman–Crippen MR) is 53.4 cm³/mol. The Kier molecular flexibility index (Phi) is 4.71. The third-order valence-electron chi connectivity index (χ3n) is 1.87. The van der Waals surface area contributed by atoms with E-state index in [2.05, 4.69) is 0 Å². The van der Waals surface area contributed by atoms with Crippen LogP contribution in [0.2, 0.25) is 0 Å². The van der Waals surface area contributed by atoms with Crippen molar-refractivity contribution in [1.29, 1.82) is 5.26 Å². The molecule has 0 rings (SSSR count). The molecule has 2 N–H and O–H groups in total. The topological polar surface area (TPSA) is 107 Å². The quantitative estimate of drug-likeness (QED) is 0.692. The van der Waals surface area contributed by atoms with Crippen molar-refractivity contribution in [1.82, 2.24) is 4.72 Å². The van der Waals surface area contributed by atoms with Gasteiger partial charge in [-0.3, -0.25) is 4.79 Å². The van der Waals surface area contributed by atoms with Crippen LogP contribution in [0.5, 0.6) is 0 Å². The van der Waals surface area contributed by atoms with E-state index < -0.39 is 27.3 Å². The molecule has 2 atom stereocenters. The van der Waals surface area contributed by atoms with E-state index in [1.807, 2.05) is 4.72 Å². The van der Waals surface area contributed by atoms with E-state index in [0.29, 0.717) is 0 Å². The number of aliphatic carboxylic acids is 1. The zero-order valence-corrected chi connectivity index (χ0v) is 9.58. The van der Waals surface area contributed by atoms with E-state index in [1.54, 1.807) is 19.9 Å². The summed E-state index contributed by atoms with van der Waals surface area (Å²) in [6.45, 7) is 4.36. The fraction of sp³-hybridized carbons (Fsp3) is 0.750. The number of hydrogen-bond donors (Lipinski definition) is 2. The second-order valence-electron chi connectivity index (χ2n) is 3.49.